The van der Waals surface area contributed by atoms with Gasteiger partial charge in [0.15, 0.2) is 5.96 Å². The van der Waals surface area contributed by atoms with Gasteiger partial charge in [-0.2, -0.15) is 0 Å². The normalized spacial score (nSPS) is 19.1. The standard InChI is InChI=1S/C20H27N3OS/c1-15(19-5-4-12-25-19)13-22-20(21-2)23-11-10-17(14-23)16-6-8-18(24-3)9-7-16/h4-9,12,15,17H,10-11,13-14H2,1-3H3,(H,21,22). The molecule has 2 heterocycles. The molecular formula is C20H27N3OS. The summed E-state index contributed by atoms with van der Waals surface area (Å²) in [4.78, 5) is 8.28. The molecule has 5 heteroatoms. The lowest BCUT2D eigenvalue weighted by Crippen LogP contribution is -2.41. The molecule has 2 atom stereocenters. The second-order valence-electron chi connectivity index (χ2n) is 6.55. The van der Waals surface area contributed by atoms with E-state index in [4.69, 9.17) is 4.74 Å². The Kier molecular flexibility index (Phi) is 5.97. The number of thiophene rings is 1. The van der Waals surface area contributed by atoms with Crippen LogP contribution in [-0.2, 0) is 0 Å². The molecule has 134 valence electrons. The third-order valence-corrected chi connectivity index (χ3v) is 5.99. The summed E-state index contributed by atoms with van der Waals surface area (Å²) in [7, 11) is 3.58. The summed E-state index contributed by atoms with van der Waals surface area (Å²) in [5.41, 5.74) is 1.38. The summed E-state index contributed by atoms with van der Waals surface area (Å²) in [5, 5.41) is 5.69. The summed E-state index contributed by atoms with van der Waals surface area (Å²) < 4.78 is 5.25. The average Bonchev–Trinajstić information content (AvgIpc) is 3.34. The number of methoxy groups -OCH3 is 1. The lowest BCUT2D eigenvalue weighted by Gasteiger charge is -2.23. The number of aliphatic imine (C=N–C) groups is 1. The van der Waals surface area contributed by atoms with Gasteiger partial charge in [-0.15, -0.1) is 11.3 Å². The molecule has 0 radical (unpaired) electrons. The van der Waals surface area contributed by atoms with Crippen molar-refractivity contribution in [1.29, 1.82) is 0 Å². The van der Waals surface area contributed by atoms with Crippen LogP contribution in [0.15, 0.2) is 46.8 Å². The van der Waals surface area contributed by atoms with Crippen LogP contribution in [0.1, 0.15) is 35.6 Å². The Labute approximate surface area is 154 Å². The summed E-state index contributed by atoms with van der Waals surface area (Å²) in [6.45, 7) is 5.23. The van der Waals surface area contributed by atoms with E-state index in [0.29, 0.717) is 11.8 Å². The van der Waals surface area contributed by atoms with Crippen LogP contribution in [0.5, 0.6) is 5.75 Å². The van der Waals surface area contributed by atoms with Crippen molar-refractivity contribution in [3.8, 4) is 5.75 Å². The highest BCUT2D eigenvalue weighted by Crippen LogP contribution is 2.28. The van der Waals surface area contributed by atoms with Crippen LogP contribution in [-0.4, -0.2) is 44.7 Å². The van der Waals surface area contributed by atoms with Gasteiger partial charge >= 0.3 is 0 Å². The molecule has 0 saturated carbocycles. The van der Waals surface area contributed by atoms with E-state index in [1.165, 1.54) is 10.4 Å². The van der Waals surface area contributed by atoms with E-state index in [2.05, 4.69) is 51.8 Å². The third kappa shape index (κ3) is 4.34. The van der Waals surface area contributed by atoms with E-state index in [1.807, 2.05) is 30.5 Å². The highest BCUT2D eigenvalue weighted by Gasteiger charge is 2.26. The first-order chi connectivity index (χ1) is 12.2. The molecule has 3 rings (SSSR count). The van der Waals surface area contributed by atoms with Gasteiger partial charge in [-0.3, -0.25) is 4.99 Å². The third-order valence-electron chi connectivity index (χ3n) is 4.88. The number of nitrogens with one attached hydrogen (secondary N) is 1. The molecule has 2 unspecified atom stereocenters. The largest absolute Gasteiger partial charge is 0.497 e. The van der Waals surface area contributed by atoms with Crippen LogP contribution in [0.2, 0.25) is 0 Å². The number of hydrogen-bond donors (Lipinski definition) is 1. The Morgan fingerprint density at radius 1 is 1.36 bits per heavy atom. The smallest absolute Gasteiger partial charge is 0.193 e. The van der Waals surface area contributed by atoms with E-state index < -0.39 is 0 Å². The minimum atomic E-state index is 0.497. The van der Waals surface area contributed by atoms with Gasteiger partial charge in [0.1, 0.15) is 5.75 Å². The molecule has 0 bridgehead atoms. The number of hydrogen-bond acceptors (Lipinski definition) is 3. The van der Waals surface area contributed by atoms with E-state index >= 15 is 0 Å². The van der Waals surface area contributed by atoms with E-state index in [-0.39, 0.29) is 0 Å². The molecule has 1 saturated heterocycles. The predicted octanol–water partition coefficient (Wildman–Crippen LogP) is 3.93. The summed E-state index contributed by atoms with van der Waals surface area (Å²) in [5.74, 6) is 2.98. The second-order valence-corrected chi connectivity index (χ2v) is 7.53. The molecule has 0 aliphatic carbocycles. The summed E-state index contributed by atoms with van der Waals surface area (Å²) in [6, 6.07) is 12.8. The average molecular weight is 358 g/mol. The van der Waals surface area contributed by atoms with Crippen molar-refractivity contribution >= 4 is 17.3 Å². The monoisotopic (exact) mass is 357 g/mol. The van der Waals surface area contributed by atoms with Gasteiger partial charge < -0.3 is 15.0 Å². The highest BCUT2D eigenvalue weighted by atomic mass is 32.1. The van der Waals surface area contributed by atoms with E-state index in [0.717, 1.165) is 37.8 Å². The number of nitrogens with zero attached hydrogens (tertiary/aromatic N) is 2. The van der Waals surface area contributed by atoms with Crippen molar-refractivity contribution in [2.45, 2.75) is 25.2 Å². The van der Waals surface area contributed by atoms with Crippen molar-refractivity contribution in [2.75, 3.05) is 33.8 Å². The van der Waals surface area contributed by atoms with Gasteiger partial charge in [-0.25, -0.2) is 0 Å². The Bertz CT molecular complexity index is 681. The highest BCUT2D eigenvalue weighted by molar-refractivity contribution is 7.10. The Morgan fingerprint density at radius 2 is 2.16 bits per heavy atom. The fourth-order valence-corrected chi connectivity index (χ4v) is 4.14. The first kappa shape index (κ1) is 17.8. The molecule has 4 nitrogen and oxygen atoms in total. The maximum atomic E-state index is 5.25. The zero-order valence-electron chi connectivity index (χ0n) is 15.2. The van der Waals surface area contributed by atoms with Crippen LogP contribution >= 0.6 is 11.3 Å². The quantitative estimate of drug-likeness (QED) is 0.651. The maximum absolute atomic E-state index is 5.25. The molecule has 0 spiro atoms. The molecule has 1 aliphatic heterocycles. The topological polar surface area (TPSA) is 36.9 Å². The van der Waals surface area contributed by atoms with Crippen molar-refractivity contribution in [2.24, 2.45) is 4.99 Å². The minimum Gasteiger partial charge on any atom is -0.497 e. The van der Waals surface area contributed by atoms with Crippen LogP contribution in [0, 0.1) is 0 Å². The molecule has 0 amide bonds. The number of benzene rings is 1. The Balaban J connectivity index is 1.55. The fraction of sp³-hybridized carbons (Fsp3) is 0.450. The van der Waals surface area contributed by atoms with Crippen molar-refractivity contribution in [3.63, 3.8) is 0 Å². The Morgan fingerprint density at radius 3 is 2.80 bits per heavy atom. The van der Waals surface area contributed by atoms with Crippen molar-refractivity contribution in [3.05, 3.63) is 52.2 Å². The molecule has 2 aromatic rings. The molecule has 1 aliphatic rings. The maximum Gasteiger partial charge on any atom is 0.193 e. The van der Waals surface area contributed by atoms with Gasteiger partial charge in [-0.1, -0.05) is 25.1 Å². The van der Waals surface area contributed by atoms with Gasteiger partial charge in [0.2, 0.25) is 0 Å². The lowest BCUT2D eigenvalue weighted by molar-refractivity contribution is 0.414. The van der Waals surface area contributed by atoms with E-state index in [9.17, 15) is 0 Å². The van der Waals surface area contributed by atoms with Crippen molar-refractivity contribution in [1.82, 2.24) is 10.2 Å². The van der Waals surface area contributed by atoms with E-state index in [1.54, 1.807) is 7.11 Å². The molecule has 1 aromatic carbocycles. The zero-order valence-corrected chi connectivity index (χ0v) is 16.1. The number of rotatable bonds is 5. The van der Waals surface area contributed by atoms with Crippen molar-refractivity contribution < 1.29 is 4.74 Å². The number of ether oxygens (including phenoxy) is 1. The summed E-state index contributed by atoms with van der Waals surface area (Å²) in [6.07, 6.45) is 1.16. The molecular weight excluding hydrogens is 330 g/mol. The minimum absolute atomic E-state index is 0.497. The SMILES string of the molecule is CN=C(NCC(C)c1cccs1)N1CCC(c2ccc(OC)cc2)C1. The number of guanidine groups is 1. The lowest BCUT2D eigenvalue weighted by atomic mass is 9.98. The Hall–Kier alpha value is -2.01. The number of likely N-dealkylation sites (tertiary alicyclic amines) is 1. The second kappa shape index (κ2) is 8.39. The zero-order chi connectivity index (χ0) is 17.6. The van der Waals surface area contributed by atoms with Gasteiger partial charge in [0.05, 0.1) is 7.11 Å². The van der Waals surface area contributed by atoms with Crippen LogP contribution in [0.4, 0.5) is 0 Å². The predicted molar refractivity (Wildman–Crippen MR) is 106 cm³/mol. The molecule has 1 fully saturated rings. The van der Waals surface area contributed by atoms with Gasteiger partial charge in [-0.05, 0) is 35.6 Å². The molecule has 25 heavy (non-hydrogen) atoms. The first-order valence-corrected chi connectivity index (χ1v) is 9.72. The summed E-state index contributed by atoms with van der Waals surface area (Å²) >= 11 is 1.82. The van der Waals surface area contributed by atoms with Crippen LogP contribution < -0.4 is 10.1 Å². The van der Waals surface area contributed by atoms with Crippen LogP contribution in [0.3, 0.4) is 0 Å². The first-order valence-electron chi connectivity index (χ1n) is 8.84. The van der Waals surface area contributed by atoms with Gasteiger partial charge in [0.25, 0.3) is 0 Å². The van der Waals surface area contributed by atoms with Gasteiger partial charge in [0, 0.05) is 43.4 Å². The van der Waals surface area contributed by atoms with Crippen LogP contribution in [0.25, 0.3) is 0 Å². The molecule has 1 N–H and O–H groups in total. The fourth-order valence-electron chi connectivity index (χ4n) is 3.35. The molecule has 1 aromatic heterocycles.